The smallest absolute Gasteiger partial charge is 0.0257 e. The summed E-state index contributed by atoms with van der Waals surface area (Å²) in [4.78, 5) is 2.77. The van der Waals surface area contributed by atoms with Crippen LogP contribution in [0.3, 0.4) is 0 Å². The van der Waals surface area contributed by atoms with E-state index in [1.165, 1.54) is 38.6 Å². The van der Waals surface area contributed by atoms with Crippen molar-refractivity contribution >= 4 is 0 Å². The molecule has 0 aliphatic heterocycles. The molecule has 0 aromatic rings. The van der Waals surface area contributed by atoms with Gasteiger partial charge in [-0.1, -0.05) is 20.8 Å². The quantitative estimate of drug-likeness (QED) is 0.790. The number of likely N-dealkylation sites (N-methyl/N-ethyl adjacent to an activating group) is 2. The van der Waals surface area contributed by atoms with E-state index in [1.54, 1.807) is 0 Å². The van der Waals surface area contributed by atoms with Crippen molar-refractivity contribution in [2.24, 2.45) is 5.41 Å². The summed E-state index contributed by atoms with van der Waals surface area (Å²) in [6.07, 6.45) is 6.94. The molecule has 0 aromatic heterocycles. The van der Waals surface area contributed by atoms with Crippen LogP contribution in [0, 0.1) is 5.41 Å². The highest BCUT2D eigenvalue weighted by Gasteiger charge is 2.41. The highest BCUT2D eigenvalue weighted by molar-refractivity contribution is 4.98. The van der Waals surface area contributed by atoms with E-state index in [4.69, 9.17) is 0 Å². The van der Waals surface area contributed by atoms with Gasteiger partial charge in [-0.15, -0.1) is 0 Å². The Kier molecular flexibility index (Phi) is 3.60. The molecule has 0 saturated heterocycles. The lowest BCUT2D eigenvalue weighted by atomic mass is 9.72. The van der Waals surface area contributed by atoms with Gasteiger partial charge in [-0.05, 0) is 51.1 Å². The van der Waals surface area contributed by atoms with E-state index < -0.39 is 0 Å². The van der Waals surface area contributed by atoms with Gasteiger partial charge in [0.05, 0.1) is 0 Å². The van der Waals surface area contributed by atoms with Gasteiger partial charge < -0.3 is 5.32 Å². The van der Waals surface area contributed by atoms with Crippen LogP contribution in [0.5, 0.6) is 0 Å². The number of hydrogen-bond donors (Lipinski definition) is 1. The molecule has 2 unspecified atom stereocenters. The molecule has 2 saturated carbocycles. The van der Waals surface area contributed by atoms with Gasteiger partial charge in [0, 0.05) is 18.1 Å². The zero-order valence-corrected chi connectivity index (χ0v) is 11.4. The summed E-state index contributed by atoms with van der Waals surface area (Å²) >= 11 is 0. The highest BCUT2D eigenvalue weighted by atomic mass is 15.2. The Balaban J connectivity index is 2.06. The first kappa shape index (κ1) is 12.4. The zero-order valence-electron chi connectivity index (χ0n) is 11.4. The molecule has 0 amide bonds. The third-order valence-corrected chi connectivity index (χ3v) is 4.54. The van der Waals surface area contributed by atoms with Crippen molar-refractivity contribution in [1.29, 1.82) is 0 Å². The van der Waals surface area contributed by atoms with Crippen LogP contribution in [-0.4, -0.2) is 36.6 Å². The number of nitrogens with one attached hydrogen (secondary N) is 1. The molecule has 0 radical (unpaired) electrons. The van der Waals surface area contributed by atoms with Crippen LogP contribution in [0.4, 0.5) is 0 Å². The van der Waals surface area contributed by atoms with Crippen molar-refractivity contribution in [3.05, 3.63) is 0 Å². The van der Waals surface area contributed by atoms with Gasteiger partial charge in [0.25, 0.3) is 0 Å². The monoisotopic (exact) mass is 224 g/mol. The lowest BCUT2D eigenvalue weighted by molar-refractivity contribution is 0.0655. The molecule has 16 heavy (non-hydrogen) atoms. The Morgan fingerprint density at radius 2 is 1.94 bits per heavy atom. The average Bonchev–Trinajstić information content (AvgIpc) is 3.02. The van der Waals surface area contributed by atoms with E-state index in [0.717, 1.165) is 12.1 Å². The highest BCUT2D eigenvalue weighted by Crippen LogP contribution is 2.40. The Bertz CT molecular complexity index is 233. The second kappa shape index (κ2) is 4.66. The molecule has 2 atom stereocenters. The molecule has 2 heteroatoms. The van der Waals surface area contributed by atoms with Gasteiger partial charge in [0.1, 0.15) is 0 Å². The largest absolute Gasteiger partial charge is 0.315 e. The Morgan fingerprint density at radius 3 is 2.44 bits per heavy atom. The van der Waals surface area contributed by atoms with Gasteiger partial charge >= 0.3 is 0 Å². The van der Waals surface area contributed by atoms with Gasteiger partial charge in [-0.25, -0.2) is 0 Å². The predicted molar refractivity (Wildman–Crippen MR) is 69.7 cm³/mol. The van der Waals surface area contributed by atoms with Crippen molar-refractivity contribution in [3.8, 4) is 0 Å². The lowest BCUT2D eigenvalue weighted by Crippen LogP contribution is -2.54. The Morgan fingerprint density at radius 1 is 1.25 bits per heavy atom. The first-order chi connectivity index (χ1) is 7.57. The minimum Gasteiger partial charge on any atom is -0.315 e. The van der Waals surface area contributed by atoms with Gasteiger partial charge in [-0.3, -0.25) is 4.90 Å². The molecule has 2 aliphatic carbocycles. The van der Waals surface area contributed by atoms with Crippen molar-refractivity contribution in [2.75, 3.05) is 13.6 Å². The van der Waals surface area contributed by atoms with E-state index >= 15 is 0 Å². The van der Waals surface area contributed by atoms with Gasteiger partial charge in [0.15, 0.2) is 0 Å². The lowest BCUT2D eigenvalue weighted by Gasteiger charge is -2.46. The van der Waals surface area contributed by atoms with E-state index in [2.05, 4.69) is 38.0 Å². The molecule has 1 N–H and O–H groups in total. The van der Waals surface area contributed by atoms with Crippen molar-refractivity contribution in [1.82, 2.24) is 10.2 Å². The summed E-state index contributed by atoms with van der Waals surface area (Å²) < 4.78 is 0. The van der Waals surface area contributed by atoms with Crippen LogP contribution >= 0.6 is 0 Å². The molecule has 2 nitrogen and oxygen atoms in total. The SMILES string of the molecule is CCN(C1CC1)C1CC(C)(C)CCC1NC. The maximum Gasteiger partial charge on any atom is 0.0257 e. The Hall–Kier alpha value is -0.0800. The van der Waals surface area contributed by atoms with Crippen molar-refractivity contribution in [3.63, 3.8) is 0 Å². The molecule has 2 fully saturated rings. The van der Waals surface area contributed by atoms with Crippen LogP contribution < -0.4 is 5.32 Å². The van der Waals surface area contributed by atoms with Gasteiger partial charge in [-0.2, -0.15) is 0 Å². The first-order valence-electron chi connectivity index (χ1n) is 7.00. The number of rotatable bonds is 4. The molecular formula is C14H28N2. The molecule has 0 bridgehead atoms. The number of hydrogen-bond acceptors (Lipinski definition) is 2. The van der Waals surface area contributed by atoms with Crippen LogP contribution in [-0.2, 0) is 0 Å². The molecular weight excluding hydrogens is 196 g/mol. The third kappa shape index (κ3) is 2.60. The Labute approximate surface area is 101 Å². The summed E-state index contributed by atoms with van der Waals surface area (Å²) in [5, 5.41) is 3.55. The van der Waals surface area contributed by atoms with Crippen molar-refractivity contribution in [2.45, 2.75) is 71.0 Å². The van der Waals surface area contributed by atoms with E-state index in [0.29, 0.717) is 11.5 Å². The van der Waals surface area contributed by atoms with Crippen molar-refractivity contribution < 1.29 is 0 Å². The molecule has 0 spiro atoms. The second-order valence-electron chi connectivity index (χ2n) is 6.43. The maximum atomic E-state index is 3.55. The molecule has 0 aromatic carbocycles. The summed E-state index contributed by atoms with van der Waals surface area (Å²) in [6.45, 7) is 8.43. The zero-order chi connectivity index (χ0) is 11.8. The third-order valence-electron chi connectivity index (χ3n) is 4.54. The average molecular weight is 224 g/mol. The first-order valence-corrected chi connectivity index (χ1v) is 7.00. The fourth-order valence-electron chi connectivity index (χ4n) is 3.40. The van der Waals surface area contributed by atoms with Crippen LogP contribution in [0.1, 0.15) is 52.9 Å². The minimum atomic E-state index is 0.542. The maximum absolute atomic E-state index is 3.55. The van der Waals surface area contributed by atoms with Gasteiger partial charge in [0.2, 0.25) is 0 Å². The molecule has 0 heterocycles. The molecule has 2 rings (SSSR count). The fraction of sp³-hybridized carbons (Fsp3) is 1.00. The predicted octanol–water partition coefficient (Wildman–Crippen LogP) is 2.64. The minimum absolute atomic E-state index is 0.542. The van der Waals surface area contributed by atoms with E-state index in [1.807, 2.05) is 0 Å². The van der Waals surface area contributed by atoms with Crippen LogP contribution in [0.15, 0.2) is 0 Å². The number of nitrogens with zero attached hydrogens (tertiary/aromatic N) is 1. The van der Waals surface area contributed by atoms with E-state index in [-0.39, 0.29) is 0 Å². The fourth-order valence-corrected chi connectivity index (χ4v) is 3.40. The second-order valence-corrected chi connectivity index (χ2v) is 6.43. The summed E-state index contributed by atoms with van der Waals surface area (Å²) in [6, 6.07) is 2.39. The van der Waals surface area contributed by atoms with E-state index in [9.17, 15) is 0 Å². The van der Waals surface area contributed by atoms with Crippen LogP contribution in [0.2, 0.25) is 0 Å². The summed E-state index contributed by atoms with van der Waals surface area (Å²) in [7, 11) is 2.14. The summed E-state index contributed by atoms with van der Waals surface area (Å²) in [5.74, 6) is 0. The normalized spacial score (nSPS) is 34.3. The molecule has 94 valence electrons. The standard InChI is InChI=1S/C14H28N2/c1-5-16(11-6-7-11)13-10-14(2,3)9-8-12(13)15-4/h11-13,15H,5-10H2,1-4H3. The topological polar surface area (TPSA) is 15.3 Å². The molecule has 2 aliphatic rings. The van der Waals surface area contributed by atoms with Crippen LogP contribution in [0.25, 0.3) is 0 Å². The summed E-state index contributed by atoms with van der Waals surface area (Å²) in [5.41, 5.74) is 0.542.